The van der Waals surface area contributed by atoms with E-state index in [-0.39, 0.29) is 17.6 Å². The molecule has 2 amide bonds. The Labute approximate surface area is 346 Å². The van der Waals surface area contributed by atoms with Crippen molar-refractivity contribution in [2.45, 2.75) is 33.1 Å². The molecule has 0 saturated carbocycles. The largest absolute Gasteiger partial charge is 0.455 e. The average Bonchev–Trinajstić information content (AvgIpc) is 3.62. The van der Waals surface area contributed by atoms with Crippen molar-refractivity contribution in [2.75, 3.05) is 48.3 Å². The Kier molecular flexibility index (Phi) is 11.4. The first kappa shape index (κ1) is 42.1. The topological polar surface area (TPSA) is 159 Å². The molecule has 1 unspecified atom stereocenters. The van der Waals surface area contributed by atoms with Crippen LogP contribution in [0.2, 0.25) is 0 Å². The van der Waals surface area contributed by atoms with Crippen LogP contribution in [0.1, 0.15) is 58.5 Å². The number of rotatable bonds is 6. The Morgan fingerprint density at radius 3 is 1.65 bits per heavy atom. The van der Waals surface area contributed by atoms with Gasteiger partial charge in [-0.15, -0.1) is 0 Å². The van der Waals surface area contributed by atoms with E-state index >= 15 is 0 Å². The summed E-state index contributed by atoms with van der Waals surface area (Å²) in [6.45, 7) is 4.75. The molecule has 314 valence electrons. The van der Waals surface area contributed by atoms with Crippen molar-refractivity contribution in [3.8, 4) is 22.6 Å². The van der Waals surface area contributed by atoms with E-state index < -0.39 is 25.9 Å². The van der Waals surface area contributed by atoms with Gasteiger partial charge in [0.25, 0.3) is 11.8 Å². The van der Waals surface area contributed by atoms with Gasteiger partial charge < -0.3 is 19.5 Å². The monoisotopic (exact) mass is 858 g/mol. The van der Waals surface area contributed by atoms with Crippen LogP contribution in [0.3, 0.4) is 0 Å². The summed E-state index contributed by atoms with van der Waals surface area (Å²) in [4.78, 5) is 25.4. The van der Waals surface area contributed by atoms with Crippen LogP contribution in [0.25, 0.3) is 50.7 Å². The highest BCUT2D eigenvalue weighted by molar-refractivity contribution is 7.92. The molecule has 2 aliphatic rings. The van der Waals surface area contributed by atoms with Crippen LogP contribution in [-0.2, 0) is 26.5 Å². The molecule has 0 spiro atoms. The number of sulfonamides is 2. The molecule has 6 aromatic rings. The Morgan fingerprint density at radius 2 is 1.17 bits per heavy atom. The van der Waals surface area contributed by atoms with E-state index in [4.69, 9.17) is 8.83 Å². The summed E-state index contributed by atoms with van der Waals surface area (Å²) in [5, 5.41) is 6.42. The lowest BCUT2D eigenvalue weighted by Crippen LogP contribution is -2.30. The minimum atomic E-state index is -3.50. The third kappa shape index (κ3) is 8.26. The van der Waals surface area contributed by atoms with Crippen LogP contribution >= 0.6 is 0 Å². The van der Waals surface area contributed by atoms with E-state index in [0.717, 1.165) is 17.6 Å². The van der Waals surface area contributed by atoms with E-state index in [9.17, 15) is 35.2 Å². The molecule has 4 aromatic carbocycles. The minimum absolute atomic E-state index is 0.292. The molecule has 0 saturated heterocycles. The highest BCUT2D eigenvalue weighted by Crippen LogP contribution is 2.42. The molecule has 0 aliphatic carbocycles. The zero-order valence-corrected chi connectivity index (χ0v) is 35.5. The second-order valence-corrected chi connectivity index (χ2v) is 19.0. The maximum absolute atomic E-state index is 13.4. The van der Waals surface area contributed by atoms with Gasteiger partial charge in [-0.1, -0.05) is 18.6 Å². The van der Waals surface area contributed by atoms with E-state index in [1.807, 2.05) is 19.1 Å². The summed E-state index contributed by atoms with van der Waals surface area (Å²) in [6.07, 6.45) is 6.33. The maximum atomic E-state index is 13.4. The molecular weight excluding hydrogens is 815 g/mol. The first-order valence-electron chi connectivity index (χ1n) is 19.2. The average molecular weight is 859 g/mol. The predicted octanol–water partition coefficient (Wildman–Crippen LogP) is 8.12. The molecule has 60 heavy (non-hydrogen) atoms. The van der Waals surface area contributed by atoms with E-state index in [1.165, 1.54) is 71.6 Å². The fraction of sp³-hybridized carbons (Fsp3) is 0.273. The molecule has 0 bridgehead atoms. The molecule has 16 heteroatoms. The van der Waals surface area contributed by atoms with Crippen molar-refractivity contribution in [1.29, 1.82) is 0 Å². The lowest BCUT2D eigenvalue weighted by atomic mass is 9.96. The van der Waals surface area contributed by atoms with Crippen LogP contribution < -0.4 is 19.2 Å². The molecule has 8 rings (SSSR count). The van der Waals surface area contributed by atoms with Gasteiger partial charge in [0.2, 0.25) is 20.0 Å². The van der Waals surface area contributed by atoms with Crippen LogP contribution in [0.15, 0.2) is 87.2 Å². The number of hydrogen-bond donors (Lipinski definition) is 2. The van der Waals surface area contributed by atoms with Crippen molar-refractivity contribution >= 4 is 71.3 Å². The number of anilines is 2. The molecule has 0 fully saturated rings. The van der Waals surface area contributed by atoms with Crippen molar-refractivity contribution in [3.05, 3.63) is 112 Å². The number of carbonyl (C=O) groups is 2. The van der Waals surface area contributed by atoms with Gasteiger partial charge in [0.15, 0.2) is 0 Å². The van der Waals surface area contributed by atoms with Crippen LogP contribution in [0.4, 0.5) is 20.2 Å². The summed E-state index contributed by atoms with van der Waals surface area (Å²) in [7, 11) is -3.91. The zero-order valence-electron chi connectivity index (χ0n) is 33.9. The number of amides is 2. The predicted molar refractivity (Wildman–Crippen MR) is 230 cm³/mol. The van der Waals surface area contributed by atoms with Gasteiger partial charge in [0.1, 0.15) is 34.3 Å². The molecular formula is C44H44F2N4O8S2. The molecule has 4 heterocycles. The van der Waals surface area contributed by atoms with Crippen LogP contribution in [0.5, 0.6) is 0 Å². The fourth-order valence-electron chi connectivity index (χ4n) is 7.72. The minimum Gasteiger partial charge on any atom is -0.455 e. The van der Waals surface area contributed by atoms with Crippen LogP contribution in [-0.4, -0.2) is 68.3 Å². The summed E-state index contributed by atoms with van der Waals surface area (Å²) in [5.41, 5.74) is 6.25. The Hall–Kier alpha value is -6.00. The number of hydrogen-bond acceptors (Lipinski definition) is 8. The first-order valence-corrected chi connectivity index (χ1v) is 22.9. The van der Waals surface area contributed by atoms with Crippen molar-refractivity contribution in [2.24, 2.45) is 5.92 Å². The summed E-state index contributed by atoms with van der Waals surface area (Å²) in [5.74, 6) is -0.537. The van der Waals surface area contributed by atoms with Gasteiger partial charge in [-0.2, -0.15) is 0 Å². The van der Waals surface area contributed by atoms with Gasteiger partial charge in [0, 0.05) is 61.2 Å². The highest BCUT2D eigenvalue weighted by atomic mass is 32.2. The molecule has 0 radical (unpaired) electrons. The summed E-state index contributed by atoms with van der Waals surface area (Å²) < 4.78 is 91.2. The number of benzene rings is 4. The first-order chi connectivity index (χ1) is 28.4. The molecule has 12 nitrogen and oxygen atoms in total. The van der Waals surface area contributed by atoms with E-state index in [1.54, 1.807) is 30.3 Å². The SMILES string of the molecule is CNC(=O)c1c(-c2ccc(F)cc2)oc2cc3c(cc12)C=C(C)CCN3S(C)(=O)=O.CNC(=O)c1c(-c2ccc(F)cc2)oc2cc3c(cc12)CC(C)CCN3S(C)(=O)=O. The zero-order chi connectivity index (χ0) is 43.3. The molecule has 1 atom stereocenters. The van der Waals surface area contributed by atoms with Gasteiger partial charge in [-0.25, -0.2) is 25.6 Å². The molecule has 2 aromatic heterocycles. The lowest BCUT2D eigenvalue weighted by Gasteiger charge is -2.22. The highest BCUT2D eigenvalue weighted by Gasteiger charge is 2.30. The van der Waals surface area contributed by atoms with Crippen LogP contribution in [0, 0.1) is 17.6 Å². The number of halogens is 2. The van der Waals surface area contributed by atoms with Gasteiger partial charge in [-0.05, 0) is 104 Å². The number of fused-ring (bicyclic) bond motifs is 4. The van der Waals surface area contributed by atoms with E-state index in [2.05, 4.69) is 17.6 Å². The molecule has 2 aliphatic heterocycles. The summed E-state index contributed by atoms with van der Waals surface area (Å²) in [6, 6.07) is 18.4. The number of furan rings is 2. The lowest BCUT2D eigenvalue weighted by molar-refractivity contribution is 0.0956. The van der Waals surface area contributed by atoms with Gasteiger partial charge in [-0.3, -0.25) is 18.2 Å². The quantitative estimate of drug-likeness (QED) is 0.170. The maximum Gasteiger partial charge on any atom is 0.255 e. The van der Waals surface area contributed by atoms with Crippen molar-refractivity contribution < 1.29 is 44.0 Å². The Bertz CT molecular complexity index is 2890. The van der Waals surface area contributed by atoms with Crippen molar-refractivity contribution in [1.82, 2.24) is 10.6 Å². The second-order valence-electron chi connectivity index (χ2n) is 15.2. The molecule has 2 N–H and O–H groups in total. The normalized spacial score (nSPS) is 15.6. The third-order valence-electron chi connectivity index (χ3n) is 10.7. The second kappa shape index (κ2) is 16.2. The smallest absolute Gasteiger partial charge is 0.255 e. The van der Waals surface area contributed by atoms with Gasteiger partial charge >= 0.3 is 0 Å². The van der Waals surface area contributed by atoms with E-state index in [0.29, 0.717) is 105 Å². The number of nitrogens with zero attached hydrogens (tertiary/aromatic N) is 2. The summed E-state index contributed by atoms with van der Waals surface area (Å²) >= 11 is 0. The fourth-order valence-corrected chi connectivity index (χ4v) is 9.63. The van der Waals surface area contributed by atoms with Crippen molar-refractivity contribution in [3.63, 3.8) is 0 Å². The Morgan fingerprint density at radius 1 is 0.700 bits per heavy atom. The third-order valence-corrected chi connectivity index (χ3v) is 13.1. The van der Waals surface area contributed by atoms with Gasteiger partial charge in [0.05, 0.1) is 35.0 Å². The number of carbonyl (C=O) groups excluding carboxylic acids is 2. The Balaban J connectivity index is 0.000000181. The standard InChI is InChI=1S/C22H23FN2O4S.C22H21FN2O4S/c2*1-13-8-9-25(30(3,27)28)18-12-19-17(11-15(18)10-13)20(22(26)24-2)21(29-19)14-4-6-16(23)7-5-14/h4-7,11-13H,8-10H2,1-3H3,(H,24,26);4-7,10-12H,8-9H2,1-3H3,(H,24,26). The number of nitrogens with one attached hydrogen (secondary N) is 2.